The number of nitrogens with one attached hydrogen (secondary N) is 1. The quantitative estimate of drug-likeness (QED) is 0.823. The maximum absolute atomic E-state index is 13.4. The van der Waals surface area contributed by atoms with Gasteiger partial charge in [-0.1, -0.05) is 13.0 Å². The summed E-state index contributed by atoms with van der Waals surface area (Å²) < 4.78 is 13.4. The lowest BCUT2D eigenvalue weighted by atomic mass is 10.0. The number of hydrogen-bond donors (Lipinski definition) is 1. The summed E-state index contributed by atoms with van der Waals surface area (Å²) in [7, 11) is 0. The minimum absolute atomic E-state index is 0.0298. The molecule has 0 aliphatic rings. The number of anilines is 1. The molecule has 1 unspecified atom stereocenters. The van der Waals surface area contributed by atoms with Gasteiger partial charge in [0.05, 0.1) is 6.04 Å². The highest BCUT2D eigenvalue weighted by molar-refractivity contribution is 5.87. The van der Waals surface area contributed by atoms with Crippen LogP contribution < -0.4 is 5.32 Å². The zero-order valence-electron chi connectivity index (χ0n) is 11.6. The Morgan fingerprint density at radius 1 is 1.37 bits per heavy atom. The topological polar surface area (TPSA) is 46.2 Å². The number of aryl methyl sites for hydroxylation is 1. The highest BCUT2D eigenvalue weighted by Gasteiger charge is 2.17. The molecule has 0 radical (unpaired) electrons. The van der Waals surface area contributed by atoms with E-state index < -0.39 is 6.04 Å². The molecule has 1 aromatic carbocycles. The van der Waals surface area contributed by atoms with E-state index in [1.807, 2.05) is 0 Å². The summed E-state index contributed by atoms with van der Waals surface area (Å²) in [5.41, 5.74) is 1.13. The monoisotopic (exact) mass is 265 g/mol. The number of carbonyl (C=O) groups excluding carboxylic acids is 2. The Labute approximate surface area is 113 Å². The predicted octanol–water partition coefficient (Wildman–Crippen LogP) is 3.26. The lowest BCUT2D eigenvalue weighted by molar-refractivity contribution is -0.120. The van der Waals surface area contributed by atoms with Crippen molar-refractivity contribution in [2.45, 2.75) is 46.1 Å². The van der Waals surface area contributed by atoms with Crippen molar-refractivity contribution in [1.82, 2.24) is 0 Å². The third-order valence-corrected chi connectivity index (χ3v) is 3.03. The van der Waals surface area contributed by atoms with Crippen LogP contribution in [0.25, 0.3) is 0 Å². The number of benzene rings is 1. The van der Waals surface area contributed by atoms with Crippen LogP contribution in [0.1, 0.15) is 38.7 Å². The molecule has 0 aliphatic heterocycles. The Bertz CT molecular complexity index is 471. The normalized spacial score (nSPS) is 12.0. The molecule has 1 rings (SSSR count). The maximum Gasteiger partial charge on any atom is 0.154 e. The summed E-state index contributed by atoms with van der Waals surface area (Å²) in [4.78, 5) is 22.8. The Hall–Kier alpha value is -1.71. The SMILES string of the molecule is CCC(=O)C(CCC(C)=O)Nc1ccc(C)c(F)c1. The number of halogens is 1. The van der Waals surface area contributed by atoms with Crippen molar-refractivity contribution in [2.24, 2.45) is 0 Å². The molecule has 0 amide bonds. The second-order valence-electron chi connectivity index (χ2n) is 4.72. The van der Waals surface area contributed by atoms with Gasteiger partial charge in [-0.25, -0.2) is 4.39 Å². The third kappa shape index (κ3) is 4.81. The van der Waals surface area contributed by atoms with Gasteiger partial charge in [-0.3, -0.25) is 4.79 Å². The first-order valence-electron chi connectivity index (χ1n) is 6.49. The van der Waals surface area contributed by atoms with Crippen LogP contribution in [0.3, 0.4) is 0 Å². The van der Waals surface area contributed by atoms with Gasteiger partial charge in [-0.05, 0) is 38.0 Å². The van der Waals surface area contributed by atoms with Crippen LogP contribution in [0.4, 0.5) is 10.1 Å². The Kier molecular flexibility index (Phi) is 5.67. The van der Waals surface area contributed by atoms with Gasteiger partial charge < -0.3 is 10.1 Å². The van der Waals surface area contributed by atoms with Crippen molar-refractivity contribution in [3.8, 4) is 0 Å². The molecule has 4 heteroatoms. The van der Waals surface area contributed by atoms with Crippen molar-refractivity contribution >= 4 is 17.3 Å². The van der Waals surface area contributed by atoms with Crippen LogP contribution in [-0.4, -0.2) is 17.6 Å². The second kappa shape index (κ2) is 7.02. The number of ketones is 2. The summed E-state index contributed by atoms with van der Waals surface area (Å²) in [5, 5.41) is 3.01. The first kappa shape index (κ1) is 15.3. The van der Waals surface area contributed by atoms with Crippen molar-refractivity contribution in [3.05, 3.63) is 29.6 Å². The molecule has 0 aliphatic carbocycles. The van der Waals surface area contributed by atoms with Gasteiger partial charge in [0.2, 0.25) is 0 Å². The van der Waals surface area contributed by atoms with E-state index in [2.05, 4.69) is 5.32 Å². The number of hydrogen-bond acceptors (Lipinski definition) is 3. The zero-order valence-corrected chi connectivity index (χ0v) is 11.6. The third-order valence-electron chi connectivity index (χ3n) is 3.03. The largest absolute Gasteiger partial charge is 0.375 e. The second-order valence-corrected chi connectivity index (χ2v) is 4.72. The molecule has 19 heavy (non-hydrogen) atoms. The molecule has 1 N–H and O–H groups in total. The lowest BCUT2D eigenvalue weighted by Crippen LogP contribution is -2.29. The molecule has 0 saturated heterocycles. The molecular formula is C15H20FNO2. The van der Waals surface area contributed by atoms with Gasteiger partial charge in [0.1, 0.15) is 11.6 Å². The molecule has 0 spiro atoms. The number of Topliss-reactive ketones (excluding diaryl/α,β-unsaturated/α-hetero) is 2. The fraction of sp³-hybridized carbons (Fsp3) is 0.467. The predicted molar refractivity (Wildman–Crippen MR) is 73.8 cm³/mol. The average molecular weight is 265 g/mol. The Morgan fingerprint density at radius 2 is 2.05 bits per heavy atom. The summed E-state index contributed by atoms with van der Waals surface area (Å²) in [6, 6.07) is 4.34. The van der Waals surface area contributed by atoms with E-state index in [0.29, 0.717) is 30.5 Å². The van der Waals surface area contributed by atoms with Gasteiger partial charge in [0.15, 0.2) is 5.78 Å². The van der Waals surface area contributed by atoms with Gasteiger partial charge in [-0.15, -0.1) is 0 Å². The van der Waals surface area contributed by atoms with E-state index in [1.165, 1.54) is 13.0 Å². The summed E-state index contributed by atoms with van der Waals surface area (Å²) >= 11 is 0. The van der Waals surface area contributed by atoms with E-state index in [4.69, 9.17) is 0 Å². The van der Waals surface area contributed by atoms with Gasteiger partial charge >= 0.3 is 0 Å². The van der Waals surface area contributed by atoms with Gasteiger partial charge in [0.25, 0.3) is 0 Å². The molecule has 0 bridgehead atoms. The minimum Gasteiger partial charge on any atom is -0.375 e. The standard InChI is InChI=1S/C15H20FNO2/c1-4-15(19)14(8-6-11(3)18)17-12-7-5-10(2)13(16)9-12/h5,7,9,14,17H,4,6,8H2,1-3H3. The summed E-state index contributed by atoms with van der Waals surface area (Å²) in [6.07, 6.45) is 1.18. The highest BCUT2D eigenvalue weighted by atomic mass is 19.1. The minimum atomic E-state index is -0.434. The van der Waals surface area contributed by atoms with Crippen molar-refractivity contribution in [3.63, 3.8) is 0 Å². The van der Waals surface area contributed by atoms with Crippen molar-refractivity contribution in [2.75, 3.05) is 5.32 Å². The van der Waals surface area contributed by atoms with Crippen LogP contribution in [-0.2, 0) is 9.59 Å². The maximum atomic E-state index is 13.4. The van der Waals surface area contributed by atoms with Crippen LogP contribution in [0.15, 0.2) is 18.2 Å². The lowest BCUT2D eigenvalue weighted by Gasteiger charge is -2.18. The molecule has 0 aromatic heterocycles. The molecule has 1 atom stereocenters. The van der Waals surface area contributed by atoms with E-state index >= 15 is 0 Å². The smallest absolute Gasteiger partial charge is 0.154 e. The molecule has 0 fully saturated rings. The van der Waals surface area contributed by atoms with Gasteiger partial charge in [-0.2, -0.15) is 0 Å². The fourth-order valence-corrected chi connectivity index (χ4v) is 1.79. The number of rotatable bonds is 7. The van der Waals surface area contributed by atoms with Crippen LogP contribution in [0.2, 0.25) is 0 Å². The van der Waals surface area contributed by atoms with E-state index in [9.17, 15) is 14.0 Å². The Morgan fingerprint density at radius 3 is 2.58 bits per heavy atom. The average Bonchev–Trinajstić information content (AvgIpc) is 2.37. The number of carbonyl (C=O) groups is 2. The summed E-state index contributed by atoms with van der Waals surface area (Å²) in [6.45, 7) is 4.96. The molecular weight excluding hydrogens is 245 g/mol. The highest BCUT2D eigenvalue weighted by Crippen LogP contribution is 2.16. The first-order chi connectivity index (χ1) is 8.93. The van der Waals surface area contributed by atoms with Crippen molar-refractivity contribution < 1.29 is 14.0 Å². The fourth-order valence-electron chi connectivity index (χ4n) is 1.79. The first-order valence-corrected chi connectivity index (χ1v) is 6.49. The summed E-state index contributed by atoms with van der Waals surface area (Å²) in [5.74, 6) is -0.229. The van der Waals surface area contributed by atoms with Crippen LogP contribution in [0.5, 0.6) is 0 Å². The Balaban J connectivity index is 2.78. The van der Waals surface area contributed by atoms with Crippen LogP contribution in [0, 0.1) is 12.7 Å². The van der Waals surface area contributed by atoms with E-state index in [-0.39, 0.29) is 17.4 Å². The molecule has 1 aromatic rings. The van der Waals surface area contributed by atoms with Crippen molar-refractivity contribution in [1.29, 1.82) is 0 Å². The molecule has 3 nitrogen and oxygen atoms in total. The van der Waals surface area contributed by atoms with Gasteiger partial charge in [0, 0.05) is 18.5 Å². The molecule has 104 valence electrons. The van der Waals surface area contributed by atoms with E-state index in [1.54, 1.807) is 26.0 Å². The zero-order chi connectivity index (χ0) is 14.4. The van der Waals surface area contributed by atoms with E-state index in [0.717, 1.165) is 0 Å². The molecule has 0 heterocycles. The molecule has 0 saturated carbocycles. The van der Waals surface area contributed by atoms with Crippen LogP contribution >= 0.6 is 0 Å².